The van der Waals surface area contributed by atoms with Crippen LogP contribution < -0.4 is 0 Å². The summed E-state index contributed by atoms with van der Waals surface area (Å²) in [7, 11) is 0. The lowest BCUT2D eigenvalue weighted by molar-refractivity contribution is 1.30. The summed E-state index contributed by atoms with van der Waals surface area (Å²) in [5.74, 6) is 0.860. The number of pyridine rings is 1. The van der Waals surface area contributed by atoms with Crippen LogP contribution in [0.4, 0.5) is 0 Å². The Kier molecular flexibility index (Phi) is 1.75. The number of nitrogens with zero attached hydrogens (tertiary/aromatic N) is 2. The number of nitrogens with one attached hydrogen (secondary N) is 1. The van der Waals surface area contributed by atoms with E-state index in [1.807, 2.05) is 24.4 Å². The zero-order chi connectivity index (χ0) is 10.1. The van der Waals surface area contributed by atoms with Crippen LogP contribution in [0.25, 0.3) is 22.3 Å². The normalized spacial score (nSPS) is 10.7. The van der Waals surface area contributed by atoms with Crippen molar-refractivity contribution in [2.24, 2.45) is 0 Å². The topological polar surface area (TPSA) is 41.6 Å². The zero-order valence-electron chi connectivity index (χ0n) is 8.01. The first-order chi connectivity index (χ1) is 7.45. The second kappa shape index (κ2) is 3.20. The van der Waals surface area contributed by atoms with Gasteiger partial charge in [-0.2, -0.15) is 0 Å². The van der Waals surface area contributed by atoms with Crippen LogP contribution >= 0.6 is 0 Å². The van der Waals surface area contributed by atoms with Crippen molar-refractivity contribution < 1.29 is 0 Å². The molecule has 1 aromatic carbocycles. The standard InChI is InChI=1S/C12H9N3/c1-3-9-4-2-6-13-11(9)10(5-1)12-14-7-8-15-12/h1-8H,(H,14,15). The molecule has 0 atom stereocenters. The van der Waals surface area contributed by atoms with Gasteiger partial charge in [-0.3, -0.25) is 4.98 Å². The Hall–Kier alpha value is -2.16. The van der Waals surface area contributed by atoms with Gasteiger partial charge in [0, 0.05) is 29.5 Å². The number of H-pyrrole nitrogens is 1. The lowest BCUT2D eigenvalue weighted by Gasteiger charge is -2.01. The molecule has 0 saturated carbocycles. The largest absolute Gasteiger partial charge is 0.345 e. The van der Waals surface area contributed by atoms with Crippen molar-refractivity contribution in [2.45, 2.75) is 0 Å². The average molecular weight is 195 g/mol. The van der Waals surface area contributed by atoms with E-state index in [1.165, 1.54) is 0 Å². The Labute approximate surface area is 86.8 Å². The maximum absolute atomic E-state index is 4.38. The Morgan fingerprint density at radius 2 is 1.87 bits per heavy atom. The van der Waals surface area contributed by atoms with E-state index in [0.29, 0.717) is 0 Å². The number of para-hydroxylation sites is 1. The Morgan fingerprint density at radius 1 is 0.933 bits per heavy atom. The van der Waals surface area contributed by atoms with Crippen LogP contribution in [0.2, 0.25) is 0 Å². The molecule has 0 amide bonds. The summed E-state index contributed by atoms with van der Waals surface area (Å²) in [4.78, 5) is 11.7. The molecule has 1 N–H and O–H groups in total. The molecule has 72 valence electrons. The molecule has 0 spiro atoms. The number of fused-ring (bicyclic) bond motifs is 1. The molecule has 0 aliphatic rings. The molecular formula is C12H9N3. The Balaban J connectivity index is 2.36. The van der Waals surface area contributed by atoms with Crippen molar-refractivity contribution >= 4 is 10.9 Å². The maximum Gasteiger partial charge on any atom is 0.139 e. The lowest BCUT2D eigenvalue weighted by Crippen LogP contribution is -1.85. The van der Waals surface area contributed by atoms with E-state index in [1.54, 1.807) is 12.4 Å². The highest BCUT2D eigenvalue weighted by Gasteiger charge is 2.05. The zero-order valence-corrected chi connectivity index (χ0v) is 8.01. The average Bonchev–Trinajstić information content (AvgIpc) is 2.82. The molecule has 0 unspecified atom stereocenters. The van der Waals surface area contributed by atoms with Gasteiger partial charge in [0.15, 0.2) is 0 Å². The van der Waals surface area contributed by atoms with Crippen molar-refractivity contribution in [1.82, 2.24) is 15.0 Å². The van der Waals surface area contributed by atoms with Gasteiger partial charge < -0.3 is 4.98 Å². The third-order valence-corrected chi connectivity index (χ3v) is 2.39. The quantitative estimate of drug-likeness (QED) is 0.648. The highest BCUT2D eigenvalue weighted by molar-refractivity contribution is 5.91. The molecule has 2 heterocycles. The van der Waals surface area contributed by atoms with Gasteiger partial charge in [-0.15, -0.1) is 0 Å². The smallest absolute Gasteiger partial charge is 0.139 e. The summed E-state index contributed by atoms with van der Waals surface area (Å²) >= 11 is 0. The Bertz CT molecular complexity index is 579. The first-order valence-corrected chi connectivity index (χ1v) is 4.78. The van der Waals surface area contributed by atoms with Gasteiger partial charge >= 0.3 is 0 Å². The summed E-state index contributed by atoms with van der Waals surface area (Å²) in [6.07, 6.45) is 5.36. The van der Waals surface area contributed by atoms with Gasteiger partial charge in [-0.05, 0) is 12.1 Å². The van der Waals surface area contributed by atoms with Crippen LogP contribution in [-0.2, 0) is 0 Å². The van der Waals surface area contributed by atoms with Crippen molar-refractivity contribution in [3.8, 4) is 11.4 Å². The first kappa shape index (κ1) is 8.17. The highest BCUT2D eigenvalue weighted by atomic mass is 14.9. The molecular weight excluding hydrogens is 186 g/mol. The van der Waals surface area contributed by atoms with Gasteiger partial charge in [0.25, 0.3) is 0 Å². The predicted octanol–water partition coefficient (Wildman–Crippen LogP) is 2.62. The van der Waals surface area contributed by atoms with Crippen LogP contribution in [0.3, 0.4) is 0 Å². The lowest BCUT2D eigenvalue weighted by atomic mass is 10.1. The van der Waals surface area contributed by atoms with Crippen molar-refractivity contribution in [2.75, 3.05) is 0 Å². The van der Waals surface area contributed by atoms with E-state index in [2.05, 4.69) is 27.1 Å². The number of aromatic nitrogens is 3. The summed E-state index contributed by atoms with van der Waals surface area (Å²) in [5, 5.41) is 1.13. The third kappa shape index (κ3) is 1.29. The molecule has 0 fully saturated rings. The molecule has 2 aromatic heterocycles. The molecule has 0 aliphatic heterocycles. The number of imidazole rings is 1. The fourth-order valence-electron chi connectivity index (χ4n) is 1.71. The summed E-state index contributed by atoms with van der Waals surface area (Å²) < 4.78 is 0. The molecule has 0 aliphatic carbocycles. The SMILES string of the molecule is c1cnc2c(-c3ncc[nH]3)cccc2c1. The molecule has 3 heteroatoms. The third-order valence-electron chi connectivity index (χ3n) is 2.39. The summed E-state index contributed by atoms with van der Waals surface area (Å²) in [5.41, 5.74) is 2.02. The fraction of sp³-hybridized carbons (Fsp3) is 0. The number of hydrogen-bond donors (Lipinski definition) is 1. The summed E-state index contributed by atoms with van der Waals surface area (Å²) in [6.45, 7) is 0. The second-order valence-corrected chi connectivity index (χ2v) is 3.32. The maximum atomic E-state index is 4.38. The van der Waals surface area contributed by atoms with Crippen LogP contribution in [0.15, 0.2) is 48.9 Å². The van der Waals surface area contributed by atoms with E-state index in [4.69, 9.17) is 0 Å². The Morgan fingerprint density at radius 3 is 2.73 bits per heavy atom. The van der Waals surface area contributed by atoms with Crippen molar-refractivity contribution in [3.63, 3.8) is 0 Å². The van der Waals surface area contributed by atoms with E-state index in [-0.39, 0.29) is 0 Å². The predicted molar refractivity (Wildman–Crippen MR) is 59.3 cm³/mol. The highest BCUT2D eigenvalue weighted by Crippen LogP contribution is 2.23. The minimum absolute atomic E-state index is 0.860. The molecule has 3 rings (SSSR count). The van der Waals surface area contributed by atoms with E-state index < -0.39 is 0 Å². The van der Waals surface area contributed by atoms with Gasteiger partial charge in [0.05, 0.1) is 5.52 Å². The van der Waals surface area contributed by atoms with E-state index in [9.17, 15) is 0 Å². The summed E-state index contributed by atoms with van der Waals surface area (Å²) in [6, 6.07) is 10.1. The molecule has 3 nitrogen and oxygen atoms in total. The van der Waals surface area contributed by atoms with Crippen LogP contribution in [0.1, 0.15) is 0 Å². The number of aromatic amines is 1. The van der Waals surface area contributed by atoms with Crippen LogP contribution in [-0.4, -0.2) is 15.0 Å². The van der Waals surface area contributed by atoms with E-state index >= 15 is 0 Å². The minimum atomic E-state index is 0.860. The molecule has 15 heavy (non-hydrogen) atoms. The second-order valence-electron chi connectivity index (χ2n) is 3.32. The molecule has 0 radical (unpaired) electrons. The number of benzene rings is 1. The van der Waals surface area contributed by atoms with Gasteiger partial charge in [0.1, 0.15) is 5.82 Å². The number of hydrogen-bond acceptors (Lipinski definition) is 2. The fourth-order valence-corrected chi connectivity index (χ4v) is 1.71. The number of rotatable bonds is 1. The molecule has 0 saturated heterocycles. The molecule has 3 aromatic rings. The van der Waals surface area contributed by atoms with Gasteiger partial charge in [0.2, 0.25) is 0 Å². The van der Waals surface area contributed by atoms with E-state index in [0.717, 1.165) is 22.3 Å². The monoisotopic (exact) mass is 195 g/mol. The van der Waals surface area contributed by atoms with Crippen LogP contribution in [0.5, 0.6) is 0 Å². The first-order valence-electron chi connectivity index (χ1n) is 4.78. The van der Waals surface area contributed by atoms with Gasteiger partial charge in [-0.25, -0.2) is 4.98 Å². The van der Waals surface area contributed by atoms with Crippen LogP contribution in [0, 0.1) is 0 Å². The van der Waals surface area contributed by atoms with Crippen molar-refractivity contribution in [1.29, 1.82) is 0 Å². The minimum Gasteiger partial charge on any atom is -0.345 e. The molecule has 0 bridgehead atoms. The van der Waals surface area contributed by atoms with Crippen molar-refractivity contribution in [3.05, 3.63) is 48.9 Å². The van der Waals surface area contributed by atoms with Gasteiger partial charge in [-0.1, -0.05) is 18.2 Å².